The average molecular weight is 483 g/mol. The monoisotopic (exact) mass is 482 g/mol. The number of aromatic nitrogens is 3. The first-order valence-electron chi connectivity index (χ1n) is 11.6. The highest BCUT2D eigenvalue weighted by Crippen LogP contribution is 2.31. The molecule has 2 heterocycles. The number of fused-ring (bicyclic) bond motifs is 1. The number of carbonyl (C=O) groups excluding carboxylic acids is 1. The van der Waals surface area contributed by atoms with Crippen LogP contribution in [0, 0.1) is 0 Å². The molecule has 0 fully saturated rings. The number of rotatable bonds is 9. The van der Waals surface area contributed by atoms with Crippen molar-refractivity contribution in [2.75, 3.05) is 20.8 Å². The minimum atomic E-state index is -0.0849. The van der Waals surface area contributed by atoms with Gasteiger partial charge in [0.1, 0.15) is 6.54 Å². The van der Waals surface area contributed by atoms with Gasteiger partial charge in [0, 0.05) is 29.2 Å². The van der Waals surface area contributed by atoms with Gasteiger partial charge in [-0.25, -0.2) is 0 Å². The quantitative estimate of drug-likeness (QED) is 0.327. The van der Waals surface area contributed by atoms with Crippen molar-refractivity contribution in [2.24, 2.45) is 0 Å². The molecular formula is C28H26N4O4. The van der Waals surface area contributed by atoms with Crippen LogP contribution in [0.2, 0.25) is 0 Å². The molecule has 0 spiro atoms. The lowest BCUT2D eigenvalue weighted by Crippen LogP contribution is -2.29. The van der Waals surface area contributed by atoms with Crippen LogP contribution in [0.3, 0.4) is 0 Å². The fourth-order valence-corrected chi connectivity index (χ4v) is 4.17. The normalized spacial score (nSPS) is 10.9. The molecule has 2 aromatic heterocycles. The lowest BCUT2D eigenvalue weighted by atomic mass is 10.1. The number of benzene rings is 3. The molecule has 36 heavy (non-hydrogen) atoms. The van der Waals surface area contributed by atoms with Crippen LogP contribution in [0.25, 0.3) is 33.8 Å². The number of nitrogens with one attached hydrogen (secondary N) is 1. The van der Waals surface area contributed by atoms with E-state index in [9.17, 15) is 4.79 Å². The summed E-state index contributed by atoms with van der Waals surface area (Å²) in [4.78, 5) is 12.8. The van der Waals surface area contributed by atoms with E-state index >= 15 is 0 Å². The number of hydrogen-bond donors (Lipinski definition) is 1. The third kappa shape index (κ3) is 4.79. The molecule has 1 N–H and O–H groups in total. The Morgan fingerprint density at radius 1 is 0.917 bits per heavy atom. The van der Waals surface area contributed by atoms with Gasteiger partial charge in [-0.2, -0.15) is 0 Å². The number of nitrogens with zero attached hydrogens (tertiary/aromatic N) is 3. The van der Waals surface area contributed by atoms with Gasteiger partial charge in [-0.3, -0.25) is 4.79 Å². The van der Waals surface area contributed by atoms with Crippen molar-refractivity contribution in [3.63, 3.8) is 0 Å². The first-order chi connectivity index (χ1) is 17.7. The summed E-state index contributed by atoms with van der Waals surface area (Å²) in [6, 6.07) is 23.3. The summed E-state index contributed by atoms with van der Waals surface area (Å²) < 4.78 is 18.5. The SMILES string of the molecule is COc1ccc(CCNC(=O)Cn2cc(-c3nnc(-c4ccccc4)o3)c3ccccc32)cc1OC. The van der Waals surface area contributed by atoms with Crippen molar-refractivity contribution >= 4 is 16.8 Å². The summed E-state index contributed by atoms with van der Waals surface area (Å²) in [5.41, 5.74) is 3.61. The van der Waals surface area contributed by atoms with Crippen LogP contribution in [-0.2, 0) is 17.8 Å². The number of ether oxygens (including phenoxy) is 2. The van der Waals surface area contributed by atoms with Crippen molar-refractivity contribution in [2.45, 2.75) is 13.0 Å². The smallest absolute Gasteiger partial charge is 0.250 e. The van der Waals surface area contributed by atoms with Crippen molar-refractivity contribution in [1.82, 2.24) is 20.1 Å². The Balaban J connectivity index is 1.29. The number of para-hydroxylation sites is 1. The molecule has 5 aromatic rings. The van der Waals surface area contributed by atoms with Crippen LogP contribution in [0.5, 0.6) is 11.5 Å². The number of methoxy groups -OCH3 is 2. The van der Waals surface area contributed by atoms with Crippen molar-refractivity contribution in [3.05, 3.63) is 84.6 Å². The maximum atomic E-state index is 12.8. The predicted octanol–water partition coefficient (Wildman–Crippen LogP) is 4.73. The molecule has 0 atom stereocenters. The average Bonchev–Trinajstić information content (AvgIpc) is 3.55. The molecular weight excluding hydrogens is 456 g/mol. The highest BCUT2D eigenvalue weighted by Gasteiger charge is 2.17. The van der Waals surface area contributed by atoms with Crippen LogP contribution in [0.1, 0.15) is 5.56 Å². The number of amides is 1. The Morgan fingerprint density at radius 3 is 2.47 bits per heavy atom. The zero-order valence-electron chi connectivity index (χ0n) is 20.1. The third-order valence-electron chi connectivity index (χ3n) is 5.96. The highest BCUT2D eigenvalue weighted by atomic mass is 16.5. The summed E-state index contributed by atoms with van der Waals surface area (Å²) in [6.45, 7) is 0.677. The second kappa shape index (κ2) is 10.4. The third-order valence-corrected chi connectivity index (χ3v) is 5.96. The lowest BCUT2D eigenvalue weighted by molar-refractivity contribution is -0.121. The van der Waals surface area contributed by atoms with E-state index in [4.69, 9.17) is 13.9 Å². The first kappa shape index (κ1) is 23.2. The van der Waals surface area contributed by atoms with E-state index < -0.39 is 0 Å². The molecule has 0 bridgehead atoms. The molecule has 0 unspecified atom stereocenters. The number of carbonyl (C=O) groups is 1. The van der Waals surface area contributed by atoms with Gasteiger partial charge >= 0.3 is 0 Å². The Kier molecular flexibility index (Phi) is 6.66. The molecule has 3 aromatic carbocycles. The van der Waals surface area contributed by atoms with Crippen LogP contribution >= 0.6 is 0 Å². The van der Waals surface area contributed by atoms with Gasteiger partial charge in [0.25, 0.3) is 0 Å². The van der Waals surface area contributed by atoms with E-state index in [1.165, 1.54) is 0 Å². The van der Waals surface area contributed by atoms with E-state index in [1.807, 2.05) is 83.6 Å². The van der Waals surface area contributed by atoms with E-state index in [2.05, 4.69) is 15.5 Å². The Labute approximate surface area is 208 Å². The molecule has 0 aliphatic rings. The molecule has 0 aliphatic carbocycles. The molecule has 0 aliphatic heterocycles. The molecule has 1 amide bonds. The van der Waals surface area contributed by atoms with Gasteiger partial charge in [0.2, 0.25) is 17.7 Å². The largest absolute Gasteiger partial charge is 0.493 e. The number of hydrogen-bond acceptors (Lipinski definition) is 6. The van der Waals surface area contributed by atoms with Crippen LogP contribution < -0.4 is 14.8 Å². The molecule has 8 heteroatoms. The second-order valence-corrected chi connectivity index (χ2v) is 8.26. The zero-order valence-corrected chi connectivity index (χ0v) is 20.1. The van der Waals surface area contributed by atoms with Crippen molar-refractivity contribution < 1.29 is 18.7 Å². The summed E-state index contributed by atoms with van der Waals surface area (Å²) in [7, 11) is 3.21. The van der Waals surface area contributed by atoms with E-state index in [0.717, 1.165) is 27.6 Å². The molecule has 0 saturated carbocycles. The molecule has 182 valence electrons. The molecule has 0 radical (unpaired) electrons. The van der Waals surface area contributed by atoms with Crippen molar-refractivity contribution in [1.29, 1.82) is 0 Å². The molecule has 5 rings (SSSR count). The summed E-state index contributed by atoms with van der Waals surface area (Å²) in [6.07, 6.45) is 2.56. The Bertz CT molecular complexity index is 1490. The van der Waals surface area contributed by atoms with Gasteiger partial charge in [-0.05, 0) is 42.3 Å². The van der Waals surface area contributed by atoms with Crippen LogP contribution in [0.4, 0.5) is 0 Å². The van der Waals surface area contributed by atoms with E-state index in [1.54, 1.807) is 14.2 Å². The molecule has 8 nitrogen and oxygen atoms in total. The predicted molar refractivity (Wildman–Crippen MR) is 137 cm³/mol. The topological polar surface area (TPSA) is 91.4 Å². The van der Waals surface area contributed by atoms with Gasteiger partial charge in [-0.15, -0.1) is 10.2 Å². The highest BCUT2D eigenvalue weighted by molar-refractivity contribution is 5.95. The zero-order chi connectivity index (χ0) is 24.9. The van der Waals surface area contributed by atoms with Gasteiger partial charge in [-0.1, -0.05) is 42.5 Å². The van der Waals surface area contributed by atoms with E-state index in [0.29, 0.717) is 36.2 Å². The summed E-state index contributed by atoms with van der Waals surface area (Å²) in [5, 5.41) is 12.4. The summed E-state index contributed by atoms with van der Waals surface area (Å²) in [5.74, 6) is 2.13. The van der Waals surface area contributed by atoms with Crippen LogP contribution in [-0.4, -0.2) is 41.4 Å². The van der Waals surface area contributed by atoms with Crippen molar-refractivity contribution in [3.8, 4) is 34.4 Å². The van der Waals surface area contributed by atoms with Gasteiger partial charge < -0.3 is 23.8 Å². The summed E-state index contributed by atoms with van der Waals surface area (Å²) >= 11 is 0. The molecule has 0 saturated heterocycles. The Morgan fingerprint density at radius 2 is 1.67 bits per heavy atom. The fraction of sp³-hybridized carbons (Fsp3) is 0.179. The van der Waals surface area contributed by atoms with Gasteiger partial charge in [0.15, 0.2) is 11.5 Å². The minimum Gasteiger partial charge on any atom is -0.493 e. The fourth-order valence-electron chi connectivity index (χ4n) is 4.17. The maximum absolute atomic E-state index is 12.8. The van der Waals surface area contributed by atoms with Gasteiger partial charge in [0.05, 0.1) is 19.8 Å². The minimum absolute atomic E-state index is 0.0849. The maximum Gasteiger partial charge on any atom is 0.250 e. The van der Waals surface area contributed by atoms with Crippen LogP contribution in [0.15, 0.2) is 83.4 Å². The lowest BCUT2D eigenvalue weighted by Gasteiger charge is -2.10. The Hall–Kier alpha value is -4.59. The second-order valence-electron chi connectivity index (χ2n) is 8.26. The standard InChI is InChI=1S/C28H26N4O4/c1-34-24-13-12-19(16-25(24)35-2)14-15-29-26(33)18-32-17-22(21-10-6-7-11-23(21)32)28-31-30-27(36-28)20-8-4-3-5-9-20/h3-13,16-17H,14-15,18H2,1-2H3,(H,29,33). The van der Waals surface area contributed by atoms with E-state index in [-0.39, 0.29) is 12.5 Å². The first-order valence-corrected chi connectivity index (χ1v) is 11.6.